The van der Waals surface area contributed by atoms with Crippen molar-refractivity contribution in [1.29, 1.82) is 0 Å². The molecule has 0 aromatic carbocycles. The fraction of sp³-hybridized carbons (Fsp3) is 0.600. The molecule has 0 aliphatic heterocycles. The van der Waals surface area contributed by atoms with E-state index in [4.69, 9.17) is 5.11 Å². The summed E-state index contributed by atoms with van der Waals surface area (Å²) >= 11 is 1.83. The summed E-state index contributed by atoms with van der Waals surface area (Å²) in [6.07, 6.45) is 2.13. The predicted octanol–water partition coefficient (Wildman–Crippen LogP) is 1.71. The average Bonchev–Trinajstić information content (AvgIpc) is 2.60. The van der Waals surface area contributed by atoms with Crippen LogP contribution in [0.15, 0.2) is 11.4 Å². The highest BCUT2D eigenvalue weighted by Gasteiger charge is 2.22. The lowest BCUT2D eigenvalue weighted by molar-refractivity contribution is 0.186. The zero-order chi connectivity index (χ0) is 9.26. The molecule has 0 bridgehead atoms. The number of fused-ring (bicyclic) bond motifs is 1. The molecule has 72 valence electrons. The highest BCUT2D eigenvalue weighted by Crippen LogP contribution is 2.34. The predicted molar refractivity (Wildman–Crippen MR) is 55.1 cm³/mol. The topological polar surface area (TPSA) is 32.3 Å². The van der Waals surface area contributed by atoms with Gasteiger partial charge in [-0.2, -0.15) is 0 Å². The second kappa shape index (κ2) is 3.78. The van der Waals surface area contributed by atoms with Crippen LogP contribution in [0.3, 0.4) is 0 Å². The molecule has 0 radical (unpaired) electrons. The Morgan fingerprint density at radius 1 is 1.77 bits per heavy atom. The number of aliphatic hydroxyl groups excluding tert-OH is 1. The molecule has 1 unspecified atom stereocenters. The number of hydrogen-bond acceptors (Lipinski definition) is 3. The Labute approximate surface area is 82.6 Å². The smallest absolute Gasteiger partial charge is 0.0636 e. The molecule has 1 aliphatic rings. The molecule has 2 rings (SSSR count). The zero-order valence-corrected chi connectivity index (χ0v) is 8.60. The third-order valence-electron chi connectivity index (χ3n) is 2.46. The molecule has 0 spiro atoms. The molecule has 2 atom stereocenters. The van der Waals surface area contributed by atoms with E-state index in [1.807, 2.05) is 18.3 Å². The monoisotopic (exact) mass is 197 g/mol. The van der Waals surface area contributed by atoms with Gasteiger partial charge in [0.15, 0.2) is 0 Å². The quantitative estimate of drug-likeness (QED) is 0.773. The summed E-state index contributed by atoms with van der Waals surface area (Å²) < 4.78 is 0. The molecule has 0 amide bonds. The van der Waals surface area contributed by atoms with Crippen molar-refractivity contribution >= 4 is 11.3 Å². The number of nitrogens with one attached hydrogen (secondary N) is 1. The van der Waals surface area contributed by atoms with Crippen molar-refractivity contribution in [1.82, 2.24) is 5.32 Å². The maximum Gasteiger partial charge on any atom is 0.0636 e. The van der Waals surface area contributed by atoms with Crippen LogP contribution < -0.4 is 5.32 Å². The molecular formula is C10H15NOS. The first-order valence-electron chi connectivity index (χ1n) is 4.75. The number of rotatable bonds is 3. The number of thiophene rings is 1. The molecule has 0 saturated heterocycles. The van der Waals surface area contributed by atoms with Crippen molar-refractivity contribution in [2.24, 2.45) is 0 Å². The first-order chi connectivity index (χ1) is 6.27. The maximum absolute atomic E-state index is 9.15. The van der Waals surface area contributed by atoms with Crippen LogP contribution in [0.25, 0.3) is 0 Å². The Morgan fingerprint density at radius 3 is 3.38 bits per heavy atom. The van der Waals surface area contributed by atoms with E-state index < -0.39 is 0 Å². The fourth-order valence-corrected chi connectivity index (χ4v) is 2.86. The van der Waals surface area contributed by atoms with Gasteiger partial charge in [-0.15, -0.1) is 11.3 Å². The van der Waals surface area contributed by atoms with E-state index in [-0.39, 0.29) is 6.10 Å². The van der Waals surface area contributed by atoms with Crippen LogP contribution in [0, 0.1) is 0 Å². The van der Waals surface area contributed by atoms with Gasteiger partial charge < -0.3 is 10.4 Å². The van der Waals surface area contributed by atoms with Gasteiger partial charge in [0.25, 0.3) is 0 Å². The standard InChI is InChI=1S/C10H15NOS/c1-7(12)6-11-9-3-2-8-4-5-13-10(8)9/h4-5,7,9,11-12H,2-3,6H2,1H3/t7-,9?/m0/s1. The summed E-state index contributed by atoms with van der Waals surface area (Å²) in [7, 11) is 0. The fourth-order valence-electron chi connectivity index (χ4n) is 1.80. The minimum Gasteiger partial charge on any atom is -0.392 e. The van der Waals surface area contributed by atoms with Crippen molar-refractivity contribution < 1.29 is 5.11 Å². The average molecular weight is 197 g/mol. The highest BCUT2D eigenvalue weighted by atomic mass is 32.1. The van der Waals surface area contributed by atoms with Crippen LogP contribution in [0.4, 0.5) is 0 Å². The number of hydrogen-bond donors (Lipinski definition) is 2. The third kappa shape index (κ3) is 1.93. The summed E-state index contributed by atoms with van der Waals surface area (Å²) in [6.45, 7) is 2.51. The molecular weight excluding hydrogens is 182 g/mol. The molecule has 0 saturated carbocycles. The molecule has 0 fully saturated rings. The lowest BCUT2D eigenvalue weighted by atomic mass is 10.2. The Bertz CT molecular complexity index is 282. The molecule has 13 heavy (non-hydrogen) atoms. The van der Waals surface area contributed by atoms with E-state index in [9.17, 15) is 0 Å². The summed E-state index contributed by atoms with van der Waals surface area (Å²) in [6, 6.07) is 2.70. The first-order valence-corrected chi connectivity index (χ1v) is 5.63. The lowest BCUT2D eigenvalue weighted by Crippen LogP contribution is -2.27. The van der Waals surface area contributed by atoms with Crippen LogP contribution in [0.2, 0.25) is 0 Å². The van der Waals surface area contributed by atoms with Crippen LogP contribution in [0.1, 0.15) is 29.8 Å². The van der Waals surface area contributed by atoms with E-state index in [0.29, 0.717) is 12.6 Å². The van der Waals surface area contributed by atoms with E-state index in [0.717, 1.165) is 0 Å². The summed E-state index contributed by atoms with van der Waals surface area (Å²) in [5, 5.41) is 14.7. The Balaban J connectivity index is 1.96. The summed E-state index contributed by atoms with van der Waals surface area (Å²) in [5.41, 5.74) is 1.49. The van der Waals surface area contributed by atoms with Gasteiger partial charge in [0.2, 0.25) is 0 Å². The summed E-state index contributed by atoms with van der Waals surface area (Å²) in [4.78, 5) is 1.47. The van der Waals surface area contributed by atoms with E-state index in [1.165, 1.54) is 23.3 Å². The van der Waals surface area contributed by atoms with Crippen molar-refractivity contribution in [2.75, 3.05) is 6.54 Å². The zero-order valence-electron chi connectivity index (χ0n) is 7.79. The van der Waals surface area contributed by atoms with Crippen molar-refractivity contribution in [3.63, 3.8) is 0 Å². The Hall–Kier alpha value is -0.380. The van der Waals surface area contributed by atoms with Gasteiger partial charge in [-0.25, -0.2) is 0 Å². The Kier molecular flexibility index (Phi) is 2.67. The van der Waals surface area contributed by atoms with E-state index >= 15 is 0 Å². The largest absolute Gasteiger partial charge is 0.392 e. The first kappa shape index (κ1) is 9.19. The van der Waals surface area contributed by atoms with Gasteiger partial charge in [-0.1, -0.05) is 0 Å². The Morgan fingerprint density at radius 2 is 2.62 bits per heavy atom. The maximum atomic E-state index is 9.15. The normalized spacial score (nSPS) is 23.1. The SMILES string of the molecule is C[C@H](O)CNC1CCc2ccsc21. The third-order valence-corrected chi connectivity index (χ3v) is 3.53. The van der Waals surface area contributed by atoms with Crippen molar-refractivity contribution in [3.8, 4) is 0 Å². The molecule has 1 aromatic heterocycles. The van der Waals surface area contributed by atoms with E-state index in [1.54, 1.807) is 0 Å². The molecule has 1 heterocycles. The van der Waals surface area contributed by atoms with Crippen LogP contribution in [0.5, 0.6) is 0 Å². The molecule has 1 aliphatic carbocycles. The minimum atomic E-state index is -0.246. The van der Waals surface area contributed by atoms with Gasteiger partial charge in [0, 0.05) is 17.5 Å². The van der Waals surface area contributed by atoms with Gasteiger partial charge in [-0.3, -0.25) is 0 Å². The van der Waals surface area contributed by atoms with Crippen molar-refractivity contribution in [2.45, 2.75) is 31.9 Å². The van der Waals surface area contributed by atoms with Crippen molar-refractivity contribution in [3.05, 3.63) is 21.9 Å². The van der Waals surface area contributed by atoms with Gasteiger partial charge in [-0.05, 0) is 36.8 Å². The van der Waals surface area contributed by atoms with E-state index in [2.05, 4.69) is 16.8 Å². The minimum absolute atomic E-state index is 0.246. The number of aryl methyl sites for hydroxylation is 1. The van der Waals surface area contributed by atoms with Crippen LogP contribution in [-0.2, 0) is 6.42 Å². The van der Waals surface area contributed by atoms with Gasteiger partial charge >= 0.3 is 0 Å². The molecule has 1 aromatic rings. The van der Waals surface area contributed by atoms with Gasteiger partial charge in [0.1, 0.15) is 0 Å². The van der Waals surface area contributed by atoms with Gasteiger partial charge in [0.05, 0.1) is 6.10 Å². The second-order valence-electron chi connectivity index (χ2n) is 3.66. The van der Waals surface area contributed by atoms with Crippen LogP contribution in [-0.4, -0.2) is 17.8 Å². The highest BCUT2D eigenvalue weighted by molar-refractivity contribution is 7.10. The molecule has 3 heteroatoms. The lowest BCUT2D eigenvalue weighted by Gasteiger charge is -2.13. The van der Waals surface area contributed by atoms with Crippen LogP contribution >= 0.6 is 11.3 Å². The molecule has 2 nitrogen and oxygen atoms in total. The second-order valence-corrected chi connectivity index (χ2v) is 4.61. The summed E-state index contributed by atoms with van der Waals surface area (Å²) in [5.74, 6) is 0. The molecule has 2 N–H and O–H groups in total. The number of aliphatic hydroxyl groups is 1.